The Morgan fingerprint density at radius 1 is 1.37 bits per heavy atom. The number of nitrogens with one attached hydrogen (secondary N) is 2. The van der Waals surface area contributed by atoms with Gasteiger partial charge in [0.1, 0.15) is 0 Å². The Balaban J connectivity index is 1.63. The Morgan fingerprint density at radius 2 is 2.16 bits per heavy atom. The summed E-state index contributed by atoms with van der Waals surface area (Å²) in [6, 6.07) is 8.33. The van der Waals surface area contributed by atoms with E-state index < -0.39 is 0 Å². The standard InChI is InChI=1S/C15H20N2O2/c1-10-13(6-7-19-10)17-15(18)14-8-11-4-2-3-5-12(11)9-16-14/h2-5,10,13-14,16H,6-9H2,1H3,(H,17,18)/t10?,13?,14-/m1/s1. The normalized spacial score (nSPS) is 29.8. The van der Waals surface area contributed by atoms with Crippen molar-refractivity contribution in [3.8, 4) is 0 Å². The van der Waals surface area contributed by atoms with E-state index in [4.69, 9.17) is 4.74 Å². The molecule has 0 radical (unpaired) electrons. The van der Waals surface area contributed by atoms with E-state index in [-0.39, 0.29) is 24.1 Å². The van der Waals surface area contributed by atoms with E-state index in [0.29, 0.717) is 0 Å². The average molecular weight is 260 g/mol. The van der Waals surface area contributed by atoms with Gasteiger partial charge in [0, 0.05) is 13.2 Å². The molecular weight excluding hydrogens is 240 g/mol. The van der Waals surface area contributed by atoms with Crippen molar-refractivity contribution in [3.05, 3.63) is 35.4 Å². The predicted molar refractivity (Wildman–Crippen MR) is 72.7 cm³/mol. The van der Waals surface area contributed by atoms with Gasteiger partial charge in [-0.25, -0.2) is 0 Å². The Bertz CT molecular complexity index is 475. The van der Waals surface area contributed by atoms with E-state index in [1.54, 1.807) is 0 Å². The maximum atomic E-state index is 12.3. The minimum absolute atomic E-state index is 0.0943. The van der Waals surface area contributed by atoms with Gasteiger partial charge in [-0.2, -0.15) is 0 Å². The third kappa shape index (κ3) is 2.65. The molecule has 19 heavy (non-hydrogen) atoms. The molecule has 1 fully saturated rings. The van der Waals surface area contributed by atoms with Crippen LogP contribution in [0.25, 0.3) is 0 Å². The van der Waals surface area contributed by atoms with Crippen molar-refractivity contribution in [1.82, 2.24) is 10.6 Å². The van der Waals surface area contributed by atoms with E-state index in [9.17, 15) is 4.79 Å². The molecule has 4 heteroatoms. The smallest absolute Gasteiger partial charge is 0.237 e. The van der Waals surface area contributed by atoms with Gasteiger partial charge in [0.15, 0.2) is 0 Å². The zero-order valence-corrected chi connectivity index (χ0v) is 11.2. The molecule has 0 spiro atoms. The predicted octanol–water partition coefficient (Wildman–Crippen LogP) is 0.994. The van der Waals surface area contributed by atoms with Crippen molar-refractivity contribution < 1.29 is 9.53 Å². The van der Waals surface area contributed by atoms with Crippen LogP contribution in [0.3, 0.4) is 0 Å². The summed E-state index contributed by atoms with van der Waals surface area (Å²) in [7, 11) is 0. The summed E-state index contributed by atoms with van der Waals surface area (Å²) in [4.78, 5) is 12.3. The zero-order valence-electron chi connectivity index (χ0n) is 11.2. The number of fused-ring (bicyclic) bond motifs is 1. The van der Waals surface area contributed by atoms with Crippen molar-refractivity contribution in [2.45, 2.75) is 44.5 Å². The first-order chi connectivity index (χ1) is 9.24. The van der Waals surface area contributed by atoms with Crippen molar-refractivity contribution >= 4 is 5.91 Å². The highest BCUT2D eigenvalue weighted by molar-refractivity contribution is 5.82. The largest absolute Gasteiger partial charge is 0.376 e. The monoisotopic (exact) mass is 260 g/mol. The van der Waals surface area contributed by atoms with Crippen molar-refractivity contribution in [2.75, 3.05) is 6.61 Å². The van der Waals surface area contributed by atoms with Crippen molar-refractivity contribution in [2.24, 2.45) is 0 Å². The van der Waals surface area contributed by atoms with Crippen LogP contribution in [0.15, 0.2) is 24.3 Å². The molecule has 2 aliphatic heterocycles. The topological polar surface area (TPSA) is 50.4 Å². The molecule has 2 N–H and O–H groups in total. The quantitative estimate of drug-likeness (QED) is 0.834. The third-order valence-electron chi connectivity index (χ3n) is 4.10. The molecule has 3 rings (SSSR count). The number of carbonyl (C=O) groups is 1. The lowest BCUT2D eigenvalue weighted by Crippen LogP contribution is -2.51. The summed E-state index contributed by atoms with van der Waals surface area (Å²) < 4.78 is 5.47. The molecule has 3 atom stereocenters. The molecular formula is C15H20N2O2. The van der Waals surface area contributed by atoms with Gasteiger partial charge in [0.25, 0.3) is 0 Å². The van der Waals surface area contributed by atoms with Crippen LogP contribution in [0.2, 0.25) is 0 Å². The number of hydrogen-bond acceptors (Lipinski definition) is 3. The van der Waals surface area contributed by atoms with Crippen LogP contribution < -0.4 is 10.6 Å². The first-order valence-electron chi connectivity index (χ1n) is 6.96. The lowest BCUT2D eigenvalue weighted by molar-refractivity contribution is -0.124. The highest BCUT2D eigenvalue weighted by atomic mass is 16.5. The average Bonchev–Trinajstić information content (AvgIpc) is 2.84. The van der Waals surface area contributed by atoms with E-state index in [2.05, 4.69) is 22.8 Å². The first kappa shape index (κ1) is 12.6. The highest BCUT2D eigenvalue weighted by Gasteiger charge is 2.30. The molecule has 4 nitrogen and oxygen atoms in total. The minimum Gasteiger partial charge on any atom is -0.376 e. The van der Waals surface area contributed by atoms with E-state index in [1.807, 2.05) is 19.1 Å². The molecule has 1 amide bonds. The zero-order chi connectivity index (χ0) is 13.2. The molecule has 2 heterocycles. The van der Waals surface area contributed by atoms with Crippen LogP contribution in [-0.4, -0.2) is 30.7 Å². The fraction of sp³-hybridized carbons (Fsp3) is 0.533. The molecule has 102 valence electrons. The minimum atomic E-state index is -0.123. The fourth-order valence-corrected chi connectivity index (χ4v) is 2.84. The Labute approximate surface area is 113 Å². The van der Waals surface area contributed by atoms with Gasteiger partial charge in [0.2, 0.25) is 5.91 Å². The Hall–Kier alpha value is -1.39. The van der Waals surface area contributed by atoms with Gasteiger partial charge >= 0.3 is 0 Å². The Morgan fingerprint density at radius 3 is 2.89 bits per heavy atom. The molecule has 0 aliphatic carbocycles. The van der Waals surface area contributed by atoms with Crippen LogP contribution in [0.4, 0.5) is 0 Å². The van der Waals surface area contributed by atoms with Gasteiger partial charge in [-0.3, -0.25) is 4.79 Å². The molecule has 2 unspecified atom stereocenters. The number of rotatable bonds is 2. The van der Waals surface area contributed by atoms with E-state index in [0.717, 1.165) is 26.0 Å². The van der Waals surface area contributed by atoms with Gasteiger partial charge in [0.05, 0.1) is 18.2 Å². The van der Waals surface area contributed by atoms with Gasteiger partial charge in [-0.15, -0.1) is 0 Å². The van der Waals surface area contributed by atoms with Gasteiger partial charge in [-0.1, -0.05) is 24.3 Å². The van der Waals surface area contributed by atoms with Crippen LogP contribution >= 0.6 is 0 Å². The number of ether oxygens (including phenoxy) is 1. The maximum absolute atomic E-state index is 12.3. The first-order valence-corrected chi connectivity index (χ1v) is 6.96. The highest BCUT2D eigenvalue weighted by Crippen LogP contribution is 2.17. The SMILES string of the molecule is CC1OCCC1NC(=O)[C@H]1Cc2ccccc2CN1. The molecule has 2 aliphatic rings. The van der Waals surface area contributed by atoms with Crippen molar-refractivity contribution in [3.63, 3.8) is 0 Å². The lowest BCUT2D eigenvalue weighted by atomic mass is 9.95. The maximum Gasteiger partial charge on any atom is 0.237 e. The van der Waals surface area contributed by atoms with Crippen LogP contribution in [0, 0.1) is 0 Å². The number of carbonyl (C=O) groups excluding carboxylic acids is 1. The van der Waals surface area contributed by atoms with E-state index in [1.165, 1.54) is 11.1 Å². The molecule has 0 aromatic heterocycles. The van der Waals surface area contributed by atoms with Crippen molar-refractivity contribution in [1.29, 1.82) is 0 Å². The molecule has 0 saturated carbocycles. The van der Waals surface area contributed by atoms with Gasteiger partial charge in [-0.05, 0) is 30.9 Å². The second-order valence-electron chi connectivity index (χ2n) is 5.39. The second kappa shape index (κ2) is 5.31. The molecule has 1 saturated heterocycles. The molecule has 1 aromatic carbocycles. The lowest BCUT2D eigenvalue weighted by Gasteiger charge is -2.27. The number of amides is 1. The molecule has 0 bridgehead atoms. The summed E-state index contributed by atoms with van der Waals surface area (Å²) in [6.45, 7) is 3.53. The summed E-state index contributed by atoms with van der Waals surface area (Å²) in [5.41, 5.74) is 2.57. The third-order valence-corrected chi connectivity index (χ3v) is 4.10. The van der Waals surface area contributed by atoms with Crippen LogP contribution in [0.1, 0.15) is 24.5 Å². The summed E-state index contributed by atoms with van der Waals surface area (Å²) in [5, 5.41) is 6.41. The van der Waals surface area contributed by atoms with Crippen LogP contribution in [0.5, 0.6) is 0 Å². The number of hydrogen-bond donors (Lipinski definition) is 2. The Kier molecular flexibility index (Phi) is 3.53. The fourth-order valence-electron chi connectivity index (χ4n) is 2.84. The second-order valence-corrected chi connectivity index (χ2v) is 5.39. The van der Waals surface area contributed by atoms with Gasteiger partial charge < -0.3 is 15.4 Å². The molecule has 1 aromatic rings. The summed E-state index contributed by atoms with van der Waals surface area (Å²) in [6.07, 6.45) is 1.81. The summed E-state index contributed by atoms with van der Waals surface area (Å²) >= 11 is 0. The van der Waals surface area contributed by atoms with Crippen LogP contribution in [-0.2, 0) is 22.5 Å². The summed E-state index contributed by atoms with van der Waals surface area (Å²) in [5.74, 6) is 0.0943. The number of benzene rings is 1. The van der Waals surface area contributed by atoms with E-state index >= 15 is 0 Å².